The fourth-order valence-electron chi connectivity index (χ4n) is 2.91. The Labute approximate surface area is 154 Å². The number of ketones is 1. The monoisotopic (exact) mass is 364 g/mol. The first kappa shape index (κ1) is 18.2. The molecule has 0 aliphatic rings. The van der Waals surface area contributed by atoms with Gasteiger partial charge in [-0.1, -0.05) is 12.1 Å². The number of nitro benzene ring substituents is 1. The minimum atomic E-state index is -0.779. The van der Waals surface area contributed by atoms with E-state index in [9.17, 15) is 25.1 Å². The molecule has 3 aromatic rings. The topological polar surface area (TPSA) is 114 Å². The summed E-state index contributed by atoms with van der Waals surface area (Å²) >= 11 is 0. The molecule has 2 N–H and O–H groups in total. The van der Waals surface area contributed by atoms with E-state index in [0.717, 1.165) is 11.1 Å². The van der Waals surface area contributed by atoms with Crippen LogP contribution in [-0.4, -0.2) is 32.5 Å². The first-order valence-corrected chi connectivity index (χ1v) is 8.13. The van der Waals surface area contributed by atoms with Crippen LogP contribution >= 0.6 is 0 Å². The van der Waals surface area contributed by atoms with E-state index in [1.165, 1.54) is 24.3 Å². The summed E-state index contributed by atoms with van der Waals surface area (Å²) < 4.78 is 0. The highest BCUT2D eigenvalue weighted by atomic mass is 16.6. The van der Waals surface area contributed by atoms with Crippen molar-refractivity contribution in [1.82, 2.24) is 4.98 Å². The van der Waals surface area contributed by atoms with Gasteiger partial charge in [0.2, 0.25) is 0 Å². The molecule has 3 rings (SSSR count). The van der Waals surface area contributed by atoms with Crippen molar-refractivity contribution in [2.24, 2.45) is 0 Å². The van der Waals surface area contributed by atoms with Crippen LogP contribution in [0.5, 0.6) is 5.75 Å². The van der Waals surface area contributed by atoms with Gasteiger partial charge < -0.3 is 10.2 Å². The van der Waals surface area contributed by atoms with Gasteiger partial charge in [0.25, 0.3) is 5.69 Å². The second-order valence-electron chi connectivity index (χ2n) is 5.96. The molecule has 0 atom stereocenters. The van der Waals surface area contributed by atoms with E-state index in [1.54, 1.807) is 24.5 Å². The normalized spacial score (nSPS) is 10.6. The van der Waals surface area contributed by atoms with E-state index in [4.69, 9.17) is 0 Å². The maximum atomic E-state index is 12.2. The lowest BCUT2D eigenvalue weighted by Gasteiger charge is -2.13. The van der Waals surface area contributed by atoms with Crippen LogP contribution in [-0.2, 0) is 6.42 Å². The molecule has 1 aromatic heterocycles. The Balaban J connectivity index is 2.15. The van der Waals surface area contributed by atoms with Crippen molar-refractivity contribution in [3.05, 3.63) is 87.7 Å². The minimum Gasteiger partial charge on any atom is -0.507 e. The minimum absolute atomic E-state index is 0.0588. The molecule has 0 fully saturated rings. The lowest BCUT2D eigenvalue weighted by Crippen LogP contribution is -2.08. The summed E-state index contributed by atoms with van der Waals surface area (Å²) in [5.74, 6) is -0.938. The quantitative estimate of drug-likeness (QED) is 0.395. The highest BCUT2D eigenvalue weighted by molar-refractivity contribution is 6.05. The van der Waals surface area contributed by atoms with Crippen molar-refractivity contribution in [2.75, 3.05) is 6.61 Å². The number of nitro groups is 1. The molecule has 7 heteroatoms. The smallest absolute Gasteiger partial charge is 0.270 e. The molecular formula is C20H16N2O5. The number of hydrogen-bond donors (Lipinski definition) is 2. The van der Waals surface area contributed by atoms with Gasteiger partial charge in [-0.3, -0.25) is 19.9 Å². The summed E-state index contributed by atoms with van der Waals surface area (Å²) in [4.78, 5) is 26.7. The van der Waals surface area contributed by atoms with Crippen LogP contribution in [0.4, 0.5) is 5.69 Å². The predicted octanol–water partition coefficient (Wildman–Crippen LogP) is 3.13. The second kappa shape index (κ2) is 7.76. The molecule has 2 aromatic carbocycles. The lowest BCUT2D eigenvalue weighted by atomic mass is 9.92. The molecule has 0 radical (unpaired) electrons. The van der Waals surface area contributed by atoms with Crippen LogP contribution in [0.1, 0.15) is 21.5 Å². The first-order chi connectivity index (χ1) is 13.0. The largest absolute Gasteiger partial charge is 0.507 e. The standard InChI is InChI=1S/C20H16N2O5/c23-12-19(25)20-17(15-2-1-3-16(11-15)22(26)27)9-14(10-18(20)24)8-13-4-6-21-7-5-13/h1-7,9-11,23-24H,8,12H2. The number of phenolic OH excluding ortho intramolecular Hbond substituents is 1. The number of carbonyl (C=O) groups excluding carboxylic acids is 1. The zero-order valence-electron chi connectivity index (χ0n) is 14.2. The molecule has 0 aliphatic heterocycles. The number of non-ortho nitro benzene ring substituents is 1. The first-order valence-electron chi connectivity index (χ1n) is 8.13. The zero-order valence-corrected chi connectivity index (χ0v) is 14.2. The highest BCUT2D eigenvalue weighted by Crippen LogP contribution is 2.34. The molecule has 136 valence electrons. The molecule has 0 bridgehead atoms. The molecule has 0 aliphatic carbocycles. The van der Waals surface area contributed by atoms with Gasteiger partial charge in [0.15, 0.2) is 5.78 Å². The summed E-state index contributed by atoms with van der Waals surface area (Å²) in [6, 6.07) is 12.6. The van der Waals surface area contributed by atoms with Gasteiger partial charge in [-0.25, -0.2) is 0 Å². The Morgan fingerprint density at radius 3 is 2.48 bits per heavy atom. The third-order valence-corrected chi connectivity index (χ3v) is 4.13. The Morgan fingerprint density at radius 1 is 1.07 bits per heavy atom. The van der Waals surface area contributed by atoms with Gasteiger partial charge in [-0.15, -0.1) is 0 Å². The van der Waals surface area contributed by atoms with Gasteiger partial charge in [0, 0.05) is 24.5 Å². The van der Waals surface area contributed by atoms with Crippen LogP contribution in [0.3, 0.4) is 0 Å². The maximum Gasteiger partial charge on any atom is 0.270 e. The van der Waals surface area contributed by atoms with E-state index in [1.807, 2.05) is 12.1 Å². The van der Waals surface area contributed by atoms with E-state index in [0.29, 0.717) is 17.5 Å². The number of carbonyl (C=O) groups is 1. The Bertz CT molecular complexity index is 1000. The molecule has 7 nitrogen and oxygen atoms in total. The molecule has 0 saturated carbocycles. The third-order valence-electron chi connectivity index (χ3n) is 4.13. The van der Waals surface area contributed by atoms with Crippen LogP contribution in [0, 0.1) is 10.1 Å². The number of aliphatic hydroxyl groups is 1. The van der Waals surface area contributed by atoms with Crippen molar-refractivity contribution in [2.45, 2.75) is 6.42 Å². The van der Waals surface area contributed by atoms with Crippen LogP contribution in [0.25, 0.3) is 11.1 Å². The van der Waals surface area contributed by atoms with E-state index in [-0.39, 0.29) is 17.0 Å². The number of hydrogen-bond acceptors (Lipinski definition) is 6. The number of Topliss-reactive ketones (excluding diaryl/α,β-unsaturated/α-hetero) is 1. The number of aliphatic hydroxyl groups excluding tert-OH is 1. The number of nitrogens with zero attached hydrogens (tertiary/aromatic N) is 2. The summed E-state index contributed by atoms with van der Waals surface area (Å²) in [6.07, 6.45) is 3.78. The summed E-state index contributed by atoms with van der Waals surface area (Å²) in [6.45, 7) is -0.779. The molecule has 0 spiro atoms. The summed E-state index contributed by atoms with van der Waals surface area (Å²) in [5, 5.41) is 30.7. The molecule has 0 saturated heterocycles. The number of benzene rings is 2. The van der Waals surface area contributed by atoms with E-state index >= 15 is 0 Å². The maximum absolute atomic E-state index is 12.2. The van der Waals surface area contributed by atoms with Crippen molar-refractivity contribution in [1.29, 1.82) is 0 Å². The Kier molecular flexibility index (Phi) is 5.23. The number of pyridine rings is 1. The van der Waals surface area contributed by atoms with Crippen LogP contribution in [0.15, 0.2) is 60.9 Å². The fraction of sp³-hybridized carbons (Fsp3) is 0.100. The molecular weight excluding hydrogens is 348 g/mol. The average Bonchev–Trinajstić information content (AvgIpc) is 2.68. The second-order valence-corrected chi connectivity index (χ2v) is 5.96. The highest BCUT2D eigenvalue weighted by Gasteiger charge is 2.20. The Hall–Kier alpha value is -3.58. The Morgan fingerprint density at radius 2 is 1.81 bits per heavy atom. The fourth-order valence-corrected chi connectivity index (χ4v) is 2.91. The average molecular weight is 364 g/mol. The van der Waals surface area contributed by atoms with Gasteiger partial charge in [0.05, 0.1) is 10.5 Å². The molecule has 0 amide bonds. The SMILES string of the molecule is O=C(CO)c1c(O)cc(Cc2ccncc2)cc1-c1cccc([N+](=O)[O-])c1. The third kappa shape index (κ3) is 3.99. The molecule has 0 unspecified atom stereocenters. The number of aromatic hydroxyl groups is 1. The van der Waals surface area contributed by atoms with Crippen molar-refractivity contribution in [3.8, 4) is 16.9 Å². The van der Waals surface area contributed by atoms with Crippen LogP contribution < -0.4 is 0 Å². The van der Waals surface area contributed by atoms with E-state index < -0.39 is 17.3 Å². The van der Waals surface area contributed by atoms with Gasteiger partial charge in [-0.2, -0.15) is 0 Å². The number of phenols is 1. The van der Waals surface area contributed by atoms with Crippen molar-refractivity contribution < 1.29 is 19.9 Å². The van der Waals surface area contributed by atoms with Crippen LogP contribution in [0.2, 0.25) is 0 Å². The van der Waals surface area contributed by atoms with Gasteiger partial charge in [0.1, 0.15) is 12.4 Å². The molecule has 1 heterocycles. The van der Waals surface area contributed by atoms with E-state index in [2.05, 4.69) is 4.98 Å². The van der Waals surface area contributed by atoms with Gasteiger partial charge >= 0.3 is 0 Å². The predicted molar refractivity (Wildman–Crippen MR) is 98.7 cm³/mol. The van der Waals surface area contributed by atoms with Crippen molar-refractivity contribution >= 4 is 11.5 Å². The number of rotatable bonds is 6. The zero-order chi connectivity index (χ0) is 19.4. The number of aromatic nitrogens is 1. The lowest BCUT2D eigenvalue weighted by molar-refractivity contribution is -0.384. The summed E-state index contributed by atoms with van der Waals surface area (Å²) in [7, 11) is 0. The van der Waals surface area contributed by atoms with Gasteiger partial charge in [-0.05, 0) is 52.9 Å². The molecule has 27 heavy (non-hydrogen) atoms. The summed E-state index contributed by atoms with van der Waals surface area (Å²) in [5.41, 5.74) is 2.23. The van der Waals surface area contributed by atoms with Crippen molar-refractivity contribution in [3.63, 3.8) is 0 Å².